The first kappa shape index (κ1) is 11.2. The van der Waals surface area contributed by atoms with Crippen molar-refractivity contribution in [2.75, 3.05) is 6.54 Å². The van der Waals surface area contributed by atoms with E-state index in [-0.39, 0.29) is 11.4 Å². The predicted octanol–water partition coefficient (Wildman–Crippen LogP) is 2.13. The molecule has 1 spiro atoms. The molecule has 0 aliphatic carbocycles. The maximum absolute atomic E-state index is 11.9. The minimum atomic E-state index is -0.299. The molecule has 0 bridgehead atoms. The van der Waals surface area contributed by atoms with Crippen LogP contribution in [-0.2, 0) is 4.79 Å². The third-order valence-corrected chi connectivity index (χ3v) is 4.33. The van der Waals surface area contributed by atoms with Crippen LogP contribution < -0.4 is 10.6 Å². The summed E-state index contributed by atoms with van der Waals surface area (Å²) in [5.74, 6) is 0.176. The van der Waals surface area contributed by atoms with Gasteiger partial charge in [0, 0.05) is 17.1 Å². The lowest BCUT2D eigenvalue weighted by Gasteiger charge is -2.22. The Morgan fingerprint density at radius 2 is 2.24 bits per heavy atom. The second kappa shape index (κ2) is 4.10. The highest BCUT2D eigenvalue weighted by Gasteiger charge is 2.47. The molecule has 4 heteroatoms. The zero-order valence-corrected chi connectivity index (χ0v) is 11.1. The zero-order valence-electron chi connectivity index (χ0n) is 9.50. The smallest absolute Gasteiger partial charge is 0.240 e. The largest absolute Gasteiger partial charge is 0.354 e. The fraction of sp³-hybridized carbons (Fsp3) is 0.462. The minimum Gasteiger partial charge on any atom is -0.354 e. The molecule has 2 N–H and O–H groups in total. The summed E-state index contributed by atoms with van der Waals surface area (Å²) in [5, 5.41) is 6.45. The number of rotatable bonds is 1. The van der Waals surface area contributed by atoms with Crippen LogP contribution in [-0.4, -0.2) is 18.0 Å². The van der Waals surface area contributed by atoms with E-state index >= 15 is 0 Å². The molecule has 2 heterocycles. The second-order valence-corrected chi connectivity index (χ2v) is 5.79. The highest BCUT2D eigenvalue weighted by molar-refractivity contribution is 9.10. The van der Waals surface area contributed by atoms with Gasteiger partial charge >= 0.3 is 0 Å². The number of hydrogen-bond donors (Lipinski definition) is 2. The standard InChI is InChI=1S/C13H15BrN2O/c14-10-3-1-2-9(8-10)11-4-5-13(16-11)6-7-15-12(13)17/h1-3,8,11,16H,4-7H2,(H,15,17)/t11-,13+/m0/s1. The molecule has 2 fully saturated rings. The summed E-state index contributed by atoms with van der Waals surface area (Å²) < 4.78 is 1.09. The summed E-state index contributed by atoms with van der Waals surface area (Å²) in [7, 11) is 0. The first-order chi connectivity index (χ1) is 8.20. The number of halogens is 1. The van der Waals surface area contributed by atoms with Gasteiger partial charge in [0.25, 0.3) is 0 Å². The van der Waals surface area contributed by atoms with Crippen molar-refractivity contribution in [3.63, 3.8) is 0 Å². The maximum atomic E-state index is 11.9. The Bertz CT molecular complexity index is 462. The molecule has 2 saturated heterocycles. The summed E-state index contributed by atoms with van der Waals surface area (Å²) in [4.78, 5) is 11.9. The maximum Gasteiger partial charge on any atom is 0.240 e. The van der Waals surface area contributed by atoms with Crippen molar-refractivity contribution in [2.45, 2.75) is 30.8 Å². The Morgan fingerprint density at radius 3 is 2.94 bits per heavy atom. The van der Waals surface area contributed by atoms with Crippen LogP contribution in [0.2, 0.25) is 0 Å². The van der Waals surface area contributed by atoms with Crippen LogP contribution in [0.25, 0.3) is 0 Å². The first-order valence-electron chi connectivity index (χ1n) is 6.01. The van der Waals surface area contributed by atoms with E-state index in [4.69, 9.17) is 0 Å². The molecule has 17 heavy (non-hydrogen) atoms. The molecule has 0 saturated carbocycles. The lowest BCUT2D eigenvalue weighted by atomic mass is 9.96. The van der Waals surface area contributed by atoms with E-state index in [0.29, 0.717) is 6.04 Å². The lowest BCUT2D eigenvalue weighted by Crippen LogP contribution is -2.47. The van der Waals surface area contributed by atoms with Gasteiger partial charge in [0.15, 0.2) is 0 Å². The summed E-state index contributed by atoms with van der Waals surface area (Å²) in [6, 6.07) is 8.62. The van der Waals surface area contributed by atoms with Crippen LogP contribution in [0, 0.1) is 0 Å². The van der Waals surface area contributed by atoms with Crippen molar-refractivity contribution >= 4 is 21.8 Å². The van der Waals surface area contributed by atoms with E-state index in [1.54, 1.807) is 0 Å². The minimum absolute atomic E-state index is 0.176. The van der Waals surface area contributed by atoms with Gasteiger partial charge in [-0.25, -0.2) is 0 Å². The Labute approximate surface area is 109 Å². The van der Waals surface area contributed by atoms with Crippen molar-refractivity contribution in [3.8, 4) is 0 Å². The number of carbonyl (C=O) groups is 1. The number of amides is 1. The zero-order chi connectivity index (χ0) is 11.9. The SMILES string of the molecule is O=C1NCC[C@]12CC[C@@H](c1cccc(Br)c1)N2. The van der Waals surface area contributed by atoms with Crippen LogP contribution >= 0.6 is 15.9 Å². The molecule has 1 amide bonds. The average Bonchev–Trinajstić information content (AvgIpc) is 2.89. The topological polar surface area (TPSA) is 41.1 Å². The molecule has 0 radical (unpaired) electrons. The molecule has 2 aliphatic heterocycles. The van der Waals surface area contributed by atoms with Crippen molar-refractivity contribution in [1.82, 2.24) is 10.6 Å². The van der Waals surface area contributed by atoms with Gasteiger partial charge in [-0.15, -0.1) is 0 Å². The Kier molecular flexibility index (Phi) is 2.71. The molecule has 0 unspecified atom stereocenters. The van der Waals surface area contributed by atoms with E-state index in [2.05, 4.69) is 38.7 Å². The van der Waals surface area contributed by atoms with E-state index in [0.717, 1.165) is 30.3 Å². The van der Waals surface area contributed by atoms with Gasteiger partial charge in [-0.2, -0.15) is 0 Å². The molecule has 1 aromatic carbocycles. The van der Waals surface area contributed by atoms with Gasteiger partial charge in [-0.05, 0) is 37.0 Å². The van der Waals surface area contributed by atoms with Crippen molar-refractivity contribution in [1.29, 1.82) is 0 Å². The van der Waals surface area contributed by atoms with Crippen LogP contribution in [0.15, 0.2) is 28.7 Å². The summed E-state index contributed by atoms with van der Waals surface area (Å²) in [6.07, 6.45) is 2.89. The number of carbonyl (C=O) groups excluding carboxylic acids is 1. The first-order valence-corrected chi connectivity index (χ1v) is 6.80. The summed E-state index contributed by atoms with van der Waals surface area (Å²) in [6.45, 7) is 0.803. The molecule has 3 nitrogen and oxygen atoms in total. The molecule has 0 aromatic heterocycles. The fourth-order valence-electron chi connectivity index (χ4n) is 2.89. The van der Waals surface area contributed by atoms with E-state index in [1.165, 1.54) is 5.56 Å². The monoisotopic (exact) mass is 294 g/mol. The van der Waals surface area contributed by atoms with E-state index in [9.17, 15) is 4.79 Å². The van der Waals surface area contributed by atoms with Crippen LogP contribution in [0.5, 0.6) is 0 Å². The molecule has 1 aromatic rings. The molecule has 2 atom stereocenters. The normalized spacial score (nSPS) is 32.1. The highest BCUT2D eigenvalue weighted by atomic mass is 79.9. The van der Waals surface area contributed by atoms with Gasteiger partial charge in [0.2, 0.25) is 5.91 Å². The fourth-order valence-corrected chi connectivity index (χ4v) is 3.31. The van der Waals surface area contributed by atoms with Crippen molar-refractivity contribution < 1.29 is 4.79 Å². The van der Waals surface area contributed by atoms with Crippen LogP contribution in [0.1, 0.15) is 30.9 Å². The molecular formula is C13H15BrN2O. The van der Waals surface area contributed by atoms with Gasteiger partial charge in [0.05, 0.1) is 0 Å². The lowest BCUT2D eigenvalue weighted by molar-refractivity contribution is -0.124. The average molecular weight is 295 g/mol. The molecular weight excluding hydrogens is 280 g/mol. The predicted molar refractivity (Wildman–Crippen MR) is 69.6 cm³/mol. The highest BCUT2D eigenvalue weighted by Crippen LogP contribution is 2.37. The van der Waals surface area contributed by atoms with Gasteiger partial charge in [0.1, 0.15) is 5.54 Å². The molecule has 3 rings (SSSR count). The second-order valence-electron chi connectivity index (χ2n) is 4.88. The van der Waals surface area contributed by atoms with E-state index < -0.39 is 0 Å². The van der Waals surface area contributed by atoms with Crippen LogP contribution in [0.3, 0.4) is 0 Å². The van der Waals surface area contributed by atoms with Gasteiger partial charge < -0.3 is 5.32 Å². The molecule has 2 aliphatic rings. The quantitative estimate of drug-likeness (QED) is 0.833. The van der Waals surface area contributed by atoms with Crippen LogP contribution in [0.4, 0.5) is 0 Å². The van der Waals surface area contributed by atoms with Gasteiger partial charge in [-0.1, -0.05) is 28.1 Å². The summed E-state index contributed by atoms with van der Waals surface area (Å²) >= 11 is 3.49. The number of hydrogen-bond acceptors (Lipinski definition) is 2. The third-order valence-electron chi connectivity index (χ3n) is 3.83. The third kappa shape index (κ3) is 1.89. The van der Waals surface area contributed by atoms with E-state index in [1.807, 2.05) is 12.1 Å². The number of nitrogens with one attached hydrogen (secondary N) is 2. The van der Waals surface area contributed by atoms with Gasteiger partial charge in [-0.3, -0.25) is 10.1 Å². The Morgan fingerprint density at radius 1 is 1.35 bits per heavy atom. The Hall–Kier alpha value is -0.870. The molecule has 90 valence electrons. The van der Waals surface area contributed by atoms with Crippen molar-refractivity contribution in [2.24, 2.45) is 0 Å². The Balaban J connectivity index is 1.82. The summed E-state index contributed by atoms with van der Waals surface area (Å²) in [5.41, 5.74) is 0.962. The van der Waals surface area contributed by atoms with Crippen molar-refractivity contribution in [3.05, 3.63) is 34.3 Å². The number of benzene rings is 1.